The van der Waals surface area contributed by atoms with Crippen molar-refractivity contribution >= 4 is 11.7 Å². The molecule has 2 N–H and O–H groups in total. The van der Waals surface area contributed by atoms with Crippen LogP contribution in [-0.4, -0.2) is 18.1 Å². The summed E-state index contributed by atoms with van der Waals surface area (Å²) in [5, 5.41) is 0. The fraction of sp³-hybridized carbons (Fsp3) is 0.143. The molecular formula is C14H14N2O3. The van der Waals surface area contributed by atoms with Gasteiger partial charge in [-0.05, 0) is 24.3 Å². The third-order valence-corrected chi connectivity index (χ3v) is 2.55. The molecule has 0 spiro atoms. The second kappa shape index (κ2) is 5.86. The maximum absolute atomic E-state index is 11.3. The van der Waals surface area contributed by atoms with Gasteiger partial charge in [-0.2, -0.15) is 0 Å². The number of esters is 1. The van der Waals surface area contributed by atoms with E-state index in [1.54, 1.807) is 24.5 Å². The van der Waals surface area contributed by atoms with Gasteiger partial charge in [0.25, 0.3) is 0 Å². The molecule has 98 valence electrons. The minimum Gasteiger partial charge on any atom is -0.487 e. The number of hydrogen-bond donors (Lipinski definition) is 1. The van der Waals surface area contributed by atoms with E-state index in [0.29, 0.717) is 23.6 Å². The average molecular weight is 258 g/mol. The SMILES string of the molecule is COC(=O)c1ccc(OCc2cccnc2)c(N)c1. The highest BCUT2D eigenvalue weighted by Crippen LogP contribution is 2.23. The van der Waals surface area contributed by atoms with Crippen LogP contribution in [0.3, 0.4) is 0 Å². The number of nitrogens with zero attached hydrogens (tertiary/aromatic N) is 1. The summed E-state index contributed by atoms with van der Waals surface area (Å²) in [4.78, 5) is 15.3. The number of benzene rings is 1. The zero-order chi connectivity index (χ0) is 13.7. The fourth-order valence-electron chi connectivity index (χ4n) is 1.57. The largest absolute Gasteiger partial charge is 0.487 e. The number of methoxy groups -OCH3 is 1. The van der Waals surface area contributed by atoms with Crippen molar-refractivity contribution in [3.8, 4) is 5.75 Å². The van der Waals surface area contributed by atoms with Crippen molar-refractivity contribution in [3.05, 3.63) is 53.9 Å². The summed E-state index contributed by atoms with van der Waals surface area (Å²) in [6.07, 6.45) is 3.42. The summed E-state index contributed by atoms with van der Waals surface area (Å²) in [7, 11) is 1.32. The number of pyridine rings is 1. The van der Waals surface area contributed by atoms with Gasteiger partial charge in [-0.25, -0.2) is 4.79 Å². The minimum atomic E-state index is -0.425. The molecule has 1 aromatic carbocycles. The second-order valence-electron chi connectivity index (χ2n) is 3.89. The summed E-state index contributed by atoms with van der Waals surface area (Å²) >= 11 is 0. The van der Waals surface area contributed by atoms with Crippen molar-refractivity contribution in [1.29, 1.82) is 0 Å². The van der Waals surface area contributed by atoms with E-state index >= 15 is 0 Å². The predicted molar refractivity (Wildman–Crippen MR) is 70.8 cm³/mol. The first-order valence-corrected chi connectivity index (χ1v) is 5.70. The summed E-state index contributed by atoms with van der Waals surface area (Å²) < 4.78 is 10.2. The smallest absolute Gasteiger partial charge is 0.337 e. The van der Waals surface area contributed by atoms with Crippen LogP contribution in [-0.2, 0) is 11.3 Å². The highest BCUT2D eigenvalue weighted by Gasteiger charge is 2.08. The van der Waals surface area contributed by atoms with Gasteiger partial charge in [0.05, 0.1) is 18.4 Å². The van der Waals surface area contributed by atoms with Gasteiger partial charge in [-0.1, -0.05) is 6.07 Å². The van der Waals surface area contributed by atoms with Crippen molar-refractivity contribution in [2.75, 3.05) is 12.8 Å². The molecule has 2 rings (SSSR count). The van der Waals surface area contributed by atoms with Gasteiger partial charge in [0, 0.05) is 18.0 Å². The average Bonchev–Trinajstić information content (AvgIpc) is 2.46. The molecule has 0 fully saturated rings. The molecule has 5 nitrogen and oxygen atoms in total. The van der Waals surface area contributed by atoms with E-state index in [0.717, 1.165) is 5.56 Å². The normalized spacial score (nSPS) is 9.95. The number of nitrogen functional groups attached to an aromatic ring is 1. The molecule has 19 heavy (non-hydrogen) atoms. The number of aromatic nitrogens is 1. The van der Waals surface area contributed by atoms with Gasteiger partial charge in [-0.15, -0.1) is 0 Å². The van der Waals surface area contributed by atoms with E-state index in [2.05, 4.69) is 9.72 Å². The molecule has 0 radical (unpaired) electrons. The summed E-state index contributed by atoms with van der Waals surface area (Å²) in [5.74, 6) is 0.0991. The van der Waals surface area contributed by atoms with E-state index in [9.17, 15) is 4.79 Å². The molecule has 1 aromatic heterocycles. The van der Waals surface area contributed by atoms with Crippen LogP contribution in [0.25, 0.3) is 0 Å². The van der Waals surface area contributed by atoms with Crippen LogP contribution >= 0.6 is 0 Å². The molecule has 0 amide bonds. The number of ether oxygens (including phenoxy) is 2. The van der Waals surface area contributed by atoms with Crippen LogP contribution in [0.1, 0.15) is 15.9 Å². The van der Waals surface area contributed by atoms with Crippen LogP contribution in [0.5, 0.6) is 5.75 Å². The Morgan fingerprint density at radius 3 is 2.84 bits per heavy atom. The maximum atomic E-state index is 11.3. The van der Waals surface area contributed by atoms with Gasteiger partial charge in [0.1, 0.15) is 12.4 Å². The van der Waals surface area contributed by atoms with E-state index in [-0.39, 0.29) is 0 Å². The topological polar surface area (TPSA) is 74.4 Å². The molecular weight excluding hydrogens is 244 g/mol. The van der Waals surface area contributed by atoms with Crippen molar-refractivity contribution in [2.45, 2.75) is 6.61 Å². The van der Waals surface area contributed by atoms with Crippen molar-refractivity contribution < 1.29 is 14.3 Å². The molecule has 0 aliphatic carbocycles. The first-order chi connectivity index (χ1) is 9.20. The van der Waals surface area contributed by atoms with Crippen LogP contribution < -0.4 is 10.5 Å². The number of rotatable bonds is 4. The number of carbonyl (C=O) groups is 1. The van der Waals surface area contributed by atoms with Gasteiger partial charge in [0.15, 0.2) is 0 Å². The molecule has 0 bridgehead atoms. The third kappa shape index (κ3) is 3.22. The Morgan fingerprint density at radius 2 is 2.21 bits per heavy atom. The monoisotopic (exact) mass is 258 g/mol. The quantitative estimate of drug-likeness (QED) is 0.671. The molecule has 5 heteroatoms. The Labute approximate surface area is 111 Å². The Morgan fingerprint density at radius 1 is 1.37 bits per heavy atom. The summed E-state index contributed by atoms with van der Waals surface area (Å²) in [5.41, 5.74) is 7.57. The Hall–Kier alpha value is -2.56. The summed E-state index contributed by atoms with van der Waals surface area (Å²) in [6, 6.07) is 8.54. The predicted octanol–water partition coefficient (Wildman–Crippen LogP) is 2.03. The van der Waals surface area contributed by atoms with Gasteiger partial charge in [-0.3, -0.25) is 4.98 Å². The Kier molecular flexibility index (Phi) is 3.97. The fourth-order valence-corrected chi connectivity index (χ4v) is 1.57. The lowest BCUT2D eigenvalue weighted by molar-refractivity contribution is 0.0600. The van der Waals surface area contributed by atoms with Crippen LogP contribution in [0.4, 0.5) is 5.69 Å². The van der Waals surface area contributed by atoms with E-state index in [1.165, 1.54) is 13.2 Å². The first kappa shape index (κ1) is 12.9. The molecule has 2 aromatic rings. The van der Waals surface area contributed by atoms with E-state index < -0.39 is 5.97 Å². The second-order valence-corrected chi connectivity index (χ2v) is 3.89. The molecule has 0 saturated carbocycles. The minimum absolute atomic E-state index is 0.371. The molecule has 0 aliphatic heterocycles. The molecule has 0 aliphatic rings. The standard InChI is InChI=1S/C14H14N2O3/c1-18-14(17)11-4-5-13(12(15)7-11)19-9-10-3-2-6-16-8-10/h2-8H,9,15H2,1H3. The number of carbonyl (C=O) groups excluding carboxylic acids is 1. The van der Waals surface area contributed by atoms with Crippen LogP contribution in [0, 0.1) is 0 Å². The van der Waals surface area contributed by atoms with Crippen molar-refractivity contribution in [2.24, 2.45) is 0 Å². The lowest BCUT2D eigenvalue weighted by Gasteiger charge is -2.09. The maximum Gasteiger partial charge on any atom is 0.337 e. The Balaban J connectivity index is 2.07. The number of anilines is 1. The van der Waals surface area contributed by atoms with Gasteiger partial charge < -0.3 is 15.2 Å². The number of hydrogen-bond acceptors (Lipinski definition) is 5. The van der Waals surface area contributed by atoms with E-state index in [4.69, 9.17) is 10.5 Å². The lowest BCUT2D eigenvalue weighted by atomic mass is 10.2. The van der Waals surface area contributed by atoms with Crippen molar-refractivity contribution in [1.82, 2.24) is 4.98 Å². The third-order valence-electron chi connectivity index (χ3n) is 2.55. The van der Waals surface area contributed by atoms with Crippen molar-refractivity contribution in [3.63, 3.8) is 0 Å². The molecule has 0 atom stereocenters. The van der Waals surface area contributed by atoms with E-state index in [1.807, 2.05) is 12.1 Å². The highest BCUT2D eigenvalue weighted by molar-refractivity contribution is 5.90. The van der Waals surface area contributed by atoms with Crippen LogP contribution in [0.2, 0.25) is 0 Å². The highest BCUT2D eigenvalue weighted by atomic mass is 16.5. The summed E-state index contributed by atoms with van der Waals surface area (Å²) in [6.45, 7) is 0.371. The first-order valence-electron chi connectivity index (χ1n) is 5.70. The molecule has 1 heterocycles. The van der Waals surface area contributed by atoms with Gasteiger partial charge in [0.2, 0.25) is 0 Å². The van der Waals surface area contributed by atoms with Gasteiger partial charge >= 0.3 is 5.97 Å². The molecule has 0 unspecified atom stereocenters. The lowest BCUT2D eigenvalue weighted by Crippen LogP contribution is -2.04. The zero-order valence-electron chi connectivity index (χ0n) is 10.5. The molecule has 0 saturated heterocycles. The number of nitrogens with two attached hydrogens (primary N) is 1. The zero-order valence-corrected chi connectivity index (χ0v) is 10.5. The Bertz CT molecular complexity index is 570. The van der Waals surface area contributed by atoms with Crippen LogP contribution in [0.15, 0.2) is 42.7 Å².